The highest BCUT2D eigenvalue weighted by atomic mass is 32.2. The van der Waals surface area contributed by atoms with Crippen molar-refractivity contribution in [3.8, 4) is 17.0 Å². The highest BCUT2D eigenvalue weighted by molar-refractivity contribution is 8.01. The molecule has 0 aliphatic carbocycles. The first-order chi connectivity index (χ1) is 12.0. The Bertz CT molecular complexity index is 889. The molecular formula is C19H18N2O2S2. The topological polar surface area (TPSA) is 62.2 Å². The van der Waals surface area contributed by atoms with E-state index in [1.807, 2.05) is 5.38 Å². The third-order valence-electron chi connectivity index (χ3n) is 3.64. The number of carbonyl (C=O) groups is 1. The second kappa shape index (κ2) is 7.72. The van der Waals surface area contributed by atoms with Gasteiger partial charge in [-0.1, -0.05) is 41.6 Å². The smallest absolute Gasteiger partial charge is 0.234 e. The highest BCUT2D eigenvalue weighted by Crippen LogP contribution is 2.28. The van der Waals surface area contributed by atoms with Crippen molar-refractivity contribution in [1.29, 1.82) is 0 Å². The predicted molar refractivity (Wildman–Crippen MR) is 104 cm³/mol. The molecule has 0 radical (unpaired) electrons. The number of thiazole rings is 1. The molecule has 0 aliphatic heterocycles. The van der Waals surface area contributed by atoms with Crippen LogP contribution in [0.1, 0.15) is 11.1 Å². The summed E-state index contributed by atoms with van der Waals surface area (Å²) in [6.45, 7) is 3.85. The number of hydrogen-bond donors (Lipinski definition) is 2. The summed E-state index contributed by atoms with van der Waals surface area (Å²) in [7, 11) is 0. The van der Waals surface area contributed by atoms with Crippen molar-refractivity contribution in [2.45, 2.75) is 18.2 Å². The monoisotopic (exact) mass is 370 g/mol. The van der Waals surface area contributed by atoms with Gasteiger partial charge >= 0.3 is 0 Å². The Kier molecular flexibility index (Phi) is 5.40. The number of thioether (sulfide) groups is 1. The minimum absolute atomic E-state index is 0.0952. The molecule has 0 spiro atoms. The van der Waals surface area contributed by atoms with Crippen LogP contribution in [0.15, 0.2) is 52.2 Å². The van der Waals surface area contributed by atoms with Crippen molar-refractivity contribution >= 4 is 34.7 Å². The maximum Gasteiger partial charge on any atom is 0.234 e. The van der Waals surface area contributed by atoms with E-state index in [0.29, 0.717) is 11.4 Å². The number of hydrogen-bond acceptors (Lipinski definition) is 5. The average Bonchev–Trinajstić information content (AvgIpc) is 3.06. The maximum absolute atomic E-state index is 12.1. The van der Waals surface area contributed by atoms with E-state index in [1.54, 1.807) is 36.5 Å². The third kappa shape index (κ3) is 4.61. The van der Waals surface area contributed by atoms with E-state index in [9.17, 15) is 9.90 Å². The molecule has 0 atom stereocenters. The van der Waals surface area contributed by atoms with Crippen LogP contribution in [0.4, 0.5) is 5.69 Å². The number of aryl methyl sites for hydroxylation is 2. The first-order valence-electron chi connectivity index (χ1n) is 7.76. The van der Waals surface area contributed by atoms with Gasteiger partial charge < -0.3 is 10.4 Å². The molecule has 0 bridgehead atoms. The molecular weight excluding hydrogens is 352 g/mol. The Balaban J connectivity index is 1.57. The lowest BCUT2D eigenvalue weighted by Crippen LogP contribution is -2.13. The second-order valence-corrected chi connectivity index (χ2v) is 7.78. The molecule has 0 saturated carbocycles. The first-order valence-corrected chi connectivity index (χ1v) is 9.62. The minimum atomic E-state index is -0.0952. The van der Waals surface area contributed by atoms with Crippen molar-refractivity contribution in [3.63, 3.8) is 0 Å². The van der Waals surface area contributed by atoms with Crippen LogP contribution in [0, 0.1) is 13.8 Å². The van der Waals surface area contributed by atoms with Gasteiger partial charge in [0.05, 0.1) is 11.4 Å². The van der Waals surface area contributed by atoms with Crippen LogP contribution in [-0.2, 0) is 4.79 Å². The number of aromatic nitrogens is 1. The molecule has 1 heterocycles. The van der Waals surface area contributed by atoms with Crippen molar-refractivity contribution in [3.05, 3.63) is 59.0 Å². The molecule has 1 aromatic heterocycles. The lowest BCUT2D eigenvalue weighted by Gasteiger charge is -2.06. The second-order valence-electron chi connectivity index (χ2n) is 5.70. The molecule has 2 N–H and O–H groups in total. The van der Waals surface area contributed by atoms with Gasteiger partial charge in [-0.3, -0.25) is 4.79 Å². The number of nitrogens with zero attached hydrogens (tertiary/aromatic N) is 1. The Labute approximate surface area is 154 Å². The van der Waals surface area contributed by atoms with Crippen LogP contribution < -0.4 is 5.32 Å². The van der Waals surface area contributed by atoms with E-state index in [0.717, 1.165) is 21.2 Å². The SMILES string of the molecule is Cc1ccc(-c2csc(SCC(=O)Nc3ccc(O)c(C)c3)n2)cc1. The fourth-order valence-electron chi connectivity index (χ4n) is 2.24. The van der Waals surface area contributed by atoms with Gasteiger partial charge in [-0.25, -0.2) is 4.98 Å². The lowest BCUT2D eigenvalue weighted by atomic mass is 10.1. The van der Waals surface area contributed by atoms with E-state index in [1.165, 1.54) is 17.3 Å². The maximum atomic E-state index is 12.1. The molecule has 0 unspecified atom stereocenters. The third-order valence-corrected chi connectivity index (χ3v) is 5.66. The molecule has 2 aromatic carbocycles. The number of benzene rings is 2. The van der Waals surface area contributed by atoms with Crippen LogP contribution in [0.2, 0.25) is 0 Å². The zero-order chi connectivity index (χ0) is 17.8. The van der Waals surface area contributed by atoms with Crippen molar-refractivity contribution in [2.75, 3.05) is 11.1 Å². The quantitative estimate of drug-likeness (QED) is 0.497. The van der Waals surface area contributed by atoms with Crippen LogP contribution in [0.25, 0.3) is 11.3 Å². The van der Waals surface area contributed by atoms with Crippen LogP contribution in [-0.4, -0.2) is 21.8 Å². The minimum Gasteiger partial charge on any atom is -0.508 e. The zero-order valence-corrected chi connectivity index (χ0v) is 15.6. The molecule has 0 aliphatic rings. The van der Waals surface area contributed by atoms with Gasteiger partial charge in [-0.05, 0) is 37.6 Å². The zero-order valence-electron chi connectivity index (χ0n) is 13.9. The molecule has 4 nitrogen and oxygen atoms in total. The molecule has 1 amide bonds. The van der Waals surface area contributed by atoms with E-state index in [2.05, 4.69) is 41.5 Å². The van der Waals surface area contributed by atoms with Crippen LogP contribution in [0.5, 0.6) is 5.75 Å². The number of amides is 1. The Morgan fingerprint density at radius 2 is 1.96 bits per heavy atom. The first kappa shape index (κ1) is 17.5. The molecule has 3 rings (SSSR count). The summed E-state index contributed by atoms with van der Waals surface area (Å²) >= 11 is 2.96. The number of phenols is 1. The van der Waals surface area contributed by atoms with Gasteiger partial charge in [-0.2, -0.15) is 0 Å². The lowest BCUT2D eigenvalue weighted by molar-refractivity contribution is -0.113. The van der Waals surface area contributed by atoms with E-state index in [4.69, 9.17) is 0 Å². The summed E-state index contributed by atoms with van der Waals surface area (Å²) < 4.78 is 0.868. The largest absolute Gasteiger partial charge is 0.508 e. The summed E-state index contributed by atoms with van der Waals surface area (Å²) in [4.78, 5) is 16.7. The van der Waals surface area contributed by atoms with Crippen LogP contribution in [0.3, 0.4) is 0 Å². The Morgan fingerprint density at radius 3 is 2.68 bits per heavy atom. The van der Waals surface area contributed by atoms with Crippen molar-refractivity contribution < 1.29 is 9.90 Å². The fourth-order valence-corrected chi connectivity index (χ4v) is 3.87. The number of carbonyl (C=O) groups excluding carboxylic acids is 1. The van der Waals surface area contributed by atoms with Gasteiger partial charge in [0, 0.05) is 16.6 Å². The number of phenolic OH excluding ortho intramolecular Hbond substituents is 1. The molecule has 0 saturated heterocycles. The molecule has 25 heavy (non-hydrogen) atoms. The standard InChI is InChI=1S/C19H18N2O2S2/c1-12-3-5-14(6-4-12)16-10-24-19(21-16)25-11-18(23)20-15-7-8-17(22)13(2)9-15/h3-10,22H,11H2,1-2H3,(H,20,23). The molecule has 6 heteroatoms. The number of anilines is 1. The van der Waals surface area contributed by atoms with Crippen molar-refractivity contribution in [2.24, 2.45) is 0 Å². The van der Waals surface area contributed by atoms with Crippen LogP contribution >= 0.6 is 23.1 Å². The van der Waals surface area contributed by atoms with E-state index in [-0.39, 0.29) is 11.7 Å². The highest BCUT2D eigenvalue weighted by Gasteiger charge is 2.09. The molecule has 128 valence electrons. The molecule has 3 aromatic rings. The average molecular weight is 370 g/mol. The summed E-state index contributed by atoms with van der Waals surface area (Å²) in [5.74, 6) is 0.418. The Hall–Kier alpha value is -2.31. The van der Waals surface area contributed by atoms with Gasteiger partial charge in [-0.15, -0.1) is 11.3 Å². The summed E-state index contributed by atoms with van der Waals surface area (Å²) in [6, 6.07) is 13.2. The predicted octanol–water partition coefficient (Wildman–Crippen LogP) is 4.86. The van der Waals surface area contributed by atoms with E-state index >= 15 is 0 Å². The van der Waals surface area contributed by atoms with Gasteiger partial charge in [0.15, 0.2) is 4.34 Å². The Morgan fingerprint density at radius 1 is 1.20 bits per heavy atom. The fraction of sp³-hybridized carbons (Fsp3) is 0.158. The number of rotatable bonds is 5. The van der Waals surface area contributed by atoms with Gasteiger partial charge in [0.1, 0.15) is 5.75 Å². The summed E-state index contributed by atoms with van der Waals surface area (Å²) in [6.07, 6.45) is 0. The number of nitrogens with one attached hydrogen (secondary N) is 1. The van der Waals surface area contributed by atoms with Crippen molar-refractivity contribution in [1.82, 2.24) is 4.98 Å². The van der Waals surface area contributed by atoms with Gasteiger partial charge in [0.2, 0.25) is 5.91 Å². The van der Waals surface area contributed by atoms with E-state index < -0.39 is 0 Å². The summed E-state index contributed by atoms with van der Waals surface area (Å²) in [5, 5.41) is 14.4. The summed E-state index contributed by atoms with van der Waals surface area (Å²) in [5.41, 5.74) is 4.64. The van der Waals surface area contributed by atoms with Gasteiger partial charge in [0.25, 0.3) is 0 Å². The normalized spacial score (nSPS) is 10.6. The number of aromatic hydroxyl groups is 1. The molecule has 0 fully saturated rings.